The molecular weight excluding hydrogens is 298 g/mol. The molecule has 0 atom stereocenters. The number of methoxy groups -OCH3 is 1. The molecule has 20 heavy (non-hydrogen) atoms. The van der Waals surface area contributed by atoms with Gasteiger partial charge in [-0.2, -0.15) is 4.37 Å². The van der Waals surface area contributed by atoms with Crippen LogP contribution in [0.4, 0.5) is 5.82 Å². The van der Waals surface area contributed by atoms with Crippen LogP contribution in [-0.2, 0) is 16.4 Å². The van der Waals surface area contributed by atoms with Crippen molar-refractivity contribution in [3.05, 3.63) is 29.3 Å². The fraction of sp³-hybridized carbons (Fsp3) is 0.333. The van der Waals surface area contributed by atoms with Crippen LogP contribution < -0.4 is 9.64 Å². The van der Waals surface area contributed by atoms with Gasteiger partial charge in [-0.3, -0.25) is 0 Å². The molecular formula is C12H15N3O3S2. The molecule has 0 N–H and O–H groups in total. The molecule has 0 aliphatic carbocycles. The number of sulfone groups is 1. The average molecular weight is 313 g/mol. The SMILES string of the molecule is COc1cc(CN(C)c2ccc(S(C)(=O)=O)cn2)sn1. The molecule has 0 fully saturated rings. The summed E-state index contributed by atoms with van der Waals surface area (Å²) in [4.78, 5) is 7.34. The minimum absolute atomic E-state index is 0.217. The molecule has 0 amide bonds. The van der Waals surface area contributed by atoms with Crippen LogP contribution in [0.1, 0.15) is 4.88 Å². The maximum absolute atomic E-state index is 11.4. The Kier molecular flexibility index (Phi) is 4.24. The van der Waals surface area contributed by atoms with Crippen LogP contribution in [0.2, 0.25) is 0 Å². The van der Waals surface area contributed by atoms with Gasteiger partial charge in [0.2, 0.25) is 5.88 Å². The highest BCUT2D eigenvalue weighted by Crippen LogP contribution is 2.20. The van der Waals surface area contributed by atoms with E-state index in [1.807, 2.05) is 18.0 Å². The number of anilines is 1. The summed E-state index contributed by atoms with van der Waals surface area (Å²) in [5, 5.41) is 0. The van der Waals surface area contributed by atoms with Gasteiger partial charge in [0.1, 0.15) is 5.82 Å². The van der Waals surface area contributed by atoms with E-state index in [2.05, 4.69) is 9.36 Å². The molecule has 108 valence electrons. The Morgan fingerprint density at radius 2 is 2.15 bits per heavy atom. The first-order valence-electron chi connectivity index (χ1n) is 5.77. The van der Waals surface area contributed by atoms with Crippen molar-refractivity contribution in [3.8, 4) is 5.88 Å². The van der Waals surface area contributed by atoms with Crippen LogP contribution in [0.3, 0.4) is 0 Å². The molecule has 2 aromatic rings. The van der Waals surface area contributed by atoms with Gasteiger partial charge in [-0.05, 0) is 23.7 Å². The van der Waals surface area contributed by atoms with Gasteiger partial charge in [-0.15, -0.1) is 0 Å². The average Bonchev–Trinajstić information content (AvgIpc) is 2.85. The van der Waals surface area contributed by atoms with E-state index in [1.165, 1.54) is 17.7 Å². The number of pyridine rings is 1. The third kappa shape index (κ3) is 3.45. The molecule has 0 aromatic carbocycles. The van der Waals surface area contributed by atoms with Crippen LogP contribution in [0.15, 0.2) is 29.3 Å². The van der Waals surface area contributed by atoms with Crippen LogP contribution in [0.5, 0.6) is 5.88 Å². The summed E-state index contributed by atoms with van der Waals surface area (Å²) in [5.41, 5.74) is 0. The number of ether oxygens (including phenoxy) is 1. The van der Waals surface area contributed by atoms with Crippen molar-refractivity contribution in [2.75, 3.05) is 25.3 Å². The molecule has 8 heteroatoms. The Morgan fingerprint density at radius 1 is 1.40 bits per heavy atom. The van der Waals surface area contributed by atoms with E-state index in [4.69, 9.17) is 4.74 Å². The molecule has 0 aliphatic heterocycles. The summed E-state index contributed by atoms with van der Waals surface area (Å²) in [7, 11) is 0.251. The molecule has 0 unspecified atom stereocenters. The first-order chi connectivity index (χ1) is 9.40. The Labute approximate surface area is 122 Å². The monoisotopic (exact) mass is 313 g/mol. The van der Waals surface area contributed by atoms with E-state index in [-0.39, 0.29) is 4.90 Å². The first kappa shape index (κ1) is 14.7. The predicted octanol–water partition coefficient (Wildman–Crippen LogP) is 1.59. The minimum Gasteiger partial charge on any atom is -0.480 e. The number of hydrogen-bond donors (Lipinski definition) is 0. The lowest BCUT2D eigenvalue weighted by Crippen LogP contribution is -2.17. The van der Waals surface area contributed by atoms with Gasteiger partial charge in [-0.25, -0.2) is 13.4 Å². The minimum atomic E-state index is -3.21. The Hall–Kier alpha value is -1.67. The Balaban J connectivity index is 2.11. The molecule has 0 radical (unpaired) electrons. The molecule has 6 nitrogen and oxygen atoms in total. The highest BCUT2D eigenvalue weighted by Gasteiger charge is 2.10. The largest absolute Gasteiger partial charge is 0.480 e. The van der Waals surface area contributed by atoms with Crippen molar-refractivity contribution < 1.29 is 13.2 Å². The lowest BCUT2D eigenvalue weighted by molar-refractivity contribution is 0.402. The number of aromatic nitrogens is 2. The van der Waals surface area contributed by atoms with Crippen molar-refractivity contribution in [2.24, 2.45) is 0 Å². The summed E-state index contributed by atoms with van der Waals surface area (Å²) in [6.07, 6.45) is 2.53. The molecule has 0 aliphatic rings. The van der Waals surface area contributed by atoms with Crippen LogP contribution in [-0.4, -0.2) is 38.2 Å². The molecule has 2 heterocycles. The molecule has 0 saturated carbocycles. The van der Waals surface area contributed by atoms with Gasteiger partial charge in [-0.1, -0.05) is 0 Å². The second-order valence-electron chi connectivity index (χ2n) is 4.32. The predicted molar refractivity (Wildman–Crippen MR) is 78.1 cm³/mol. The lowest BCUT2D eigenvalue weighted by Gasteiger charge is -2.16. The molecule has 0 saturated heterocycles. The zero-order valence-electron chi connectivity index (χ0n) is 11.4. The van der Waals surface area contributed by atoms with Crippen molar-refractivity contribution in [1.29, 1.82) is 0 Å². The summed E-state index contributed by atoms with van der Waals surface area (Å²) >= 11 is 1.36. The maximum atomic E-state index is 11.4. The number of nitrogens with zero attached hydrogens (tertiary/aromatic N) is 3. The number of hydrogen-bond acceptors (Lipinski definition) is 7. The van der Waals surface area contributed by atoms with E-state index in [9.17, 15) is 8.42 Å². The van der Waals surface area contributed by atoms with Crippen molar-refractivity contribution >= 4 is 27.2 Å². The van der Waals surface area contributed by atoms with Gasteiger partial charge in [0, 0.05) is 30.4 Å². The first-order valence-corrected chi connectivity index (χ1v) is 8.43. The van der Waals surface area contributed by atoms with Gasteiger partial charge >= 0.3 is 0 Å². The van der Waals surface area contributed by atoms with Gasteiger partial charge < -0.3 is 9.64 Å². The normalized spacial score (nSPS) is 11.3. The number of rotatable bonds is 5. The quantitative estimate of drug-likeness (QED) is 0.834. The fourth-order valence-corrected chi connectivity index (χ4v) is 2.90. The smallest absolute Gasteiger partial charge is 0.225 e. The molecule has 2 rings (SSSR count). The van der Waals surface area contributed by atoms with Crippen LogP contribution >= 0.6 is 11.5 Å². The summed E-state index contributed by atoms with van der Waals surface area (Å²) in [5.74, 6) is 1.29. The van der Waals surface area contributed by atoms with Crippen molar-refractivity contribution in [2.45, 2.75) is 11.4 Å². The summed E-state index contributed by atoms with van der Waals surface area (Å²) < 4.78 is 31.9. The Bertz CT molecular complexity index is 680. The maximum Gasteiger partial charge on any atom is 0.225 e. The van der Waals surface area contributed by atoms with Crippen molar-refractivity contribution in [1.82, 2.24) is 9.36 Å². The fourth-order valence-electron chi connectivity index (χ4n) is 1.60. The van der Waals surface area contributed by atoms with Gasteiger partial charge in [0.25, 0.3) is 0 Å². The van der Waals surface area contributed by atoms with E-state index >= 15 is 0 Å². The van der Waals surface area contributed by atoms with Gasteiger partial charge in [0.15, 0.2) is 9.84 Å². The van der Waals surface area contributed by atoms with Crippen LogP contribution in [0.25, 0.3) is 0 Å². The lowest BCUT2D eigenvalue weighted by atomic mass is 10.4. The van der Waals surface area contributed by atoms with E-state index in [0.717, 1.165) is 11.1 Å². The molecule has 2 aromatic heterocycles. The van der Waals surface area contributed by atoms with E-state index < -0.39 is 9.84 Å². The summed E-state index contributed by atoms with van der Waals surface area (Å²) in [6.45, 7) is 0.631. The highest BCUT2D eigenvalue weighted by molar-refractivity contribution is 7.90. The van der Waals surface area contributed by atoms with E-state index in [0.29, 0.717) is 18.2 Å². The van der Waals surface area contributed by atoms with E-state index in [1.54, 1.807) is 19.2 Å². The van der Waals surface area contributed by atoms with Gasteiger partial charge in [0.05, 0.1) is 18.6 Å². The zero-order chi connectivity index (χ0) is 14.8. The van der Waals surface area contributed by atoms with Crippen LogP contribution in [0, 0.1) is 0 Å². The van der Waals surface area contributed by atoms with Crippen molar-refractivity contribution in [3.63, 3.8) is 0 Å². The third-order valence-electron chi connectivity index (χ3n) is 2.68. The zero-order valence-corrected chi connectivity index (χ0v) is 13.0. The molecule has 0 bridgehead atoms. The third-order valence-corrected chi connectivity index (χ3v) is 4.53. The Morgan fingerprint density at radius 3 is 2.65 bits per heavy atom. The highest BCUT2D eigenvalue weighted by atomic mass is 32.2. The second kappa shape index (κ2) is 5.76. The standard InChI is InChI=1S/C12H15N3O3S2/c1-15(8-9-6-12(18-2)14-19-9)11-5-4-10(7-13-11)20(3,16)17/h4-7H,8H2,1-3H3. The summed E-state index contributed by atoms with van der Waals surface area (Å²) in [6, 6.07) is 5.11. The molecule has 0 spiro atoms. The second-order valence-corrected chi connectivity index (χ2v) is 7.22. The topological polar surface area (TPSA) is 72.4 Å².